The van der Waals surface area contributed by atoms with Crippen LogP contribution in [0.3, 0.4) is 0 Å². The van der Waals surface area contributed by atoms with Gasteiger partial charge < -0.3 is 34.2 Å². The minimum Gasteiger partial charge on any atom is -0.394 e. The van der Waals surface area contributed by atoms with Crippen LogP contribution in [-0.2, 0) is 14.2 Å². The van der Waals surface area contributed by atoms with Gasteiger partial charge >= 0.3 is 0 Å². The van der Waals surface area contributed by atoms with Crippen LogP contribution in [0.15, 0.2) is 0 Å². The molecule has 0 fully saturated rings. The number of ether oxygens (including phenoxy) is 3. The van der Waals surface area contributed by atoms with Crippen LogP contribution in [0, 0.1) is 0 Å². The summed E-state index contributed by atoms with van der Waals surface area (Å²) < 4.78 is 15.0. The first-order chi connectivity index (χ1) is 8.15. The molecule has 0 saturated heterocycles. The van der Waals surface area contributed by atoms with Gasteiger partial charge in [-0.3, -0.25) is 5.50 Å². The molecule has 0 radical (unpaired) electrons. The Balaban J connectivity index is 0. The van der Waals surface area contributed by atoms with Crippen molar-refractivity contribution in [1.82, 2.24) is 0 Å². The summed E-state index contributed by atoms with van der Waals surface area (Å²) in [6.45, 7) is 2.76. The first-order valence-electron chi connectivity index (χ1n) is 5.02. The molecule has 0 aromatic heterocycles. The van der Waals surface area contributed by atoms with Crippen molar-refractivity contribution in [2.24, 2.45) is 5.50 Å². The van der Waals surface area contributed by atoms with E-state index in [4.69, 9.17) is 34.2 Å². The van der Waals surface area contributed by atoms with E-state index in [2.05, 4.69) is 5.50 Å². The molecule has 0 heterocycles. The van der Waals surface area contributed by atoms with Gasteiger partial charge in [0.2, 0.25) is 8.53 Å². The number of hydrogen-bond acceptors (Lipinski definition) is 8. The van der Waals surface area contributed by atoms with E-state index in [0.29, 0.717) is 39.6 Å². The van der Waals surface area contributed by atoms with Crippen LogP contribution < -0.4 is 5.50 Å². The van der Waals surface area contributed by atoms with Gasteiger partial charge in [-0.1, -0.05) is 0 Å². The van der Waals surface area contributed by atoms with Crippen molar-refractivity contribution >= 4 is 8.53 Å². The molecule has 0 saturated carbocycles. The van der Waals surface area contributed by atoms with Crippen LogP contribution in [0.2, 0.25) is 0 Å². The van der Waals surface area contributed by atoms with E-state index in [0.717, 1.165) is 0 Å². The van der Waals surface area contributed by atoms with Crippen LogP contribution in [-0.4, -0.2) is 72.9 Å². The van der Waals surface area contributed by atoms with Crippen molar-refractivity contribution in [3.8, 4) is 0 Å². The topological polar surface area (TPSA) is 135 Å². The van der Waals surface area contributed by atoms with Gasteiger partial charge in [-0.2, -0.15) is 0 Å². The first-order valence-corrected chi connectivity index (χ1v) is 6.34. The molecule has 17 heavy (non-hydrogen) atoms. The highest BCUT2D eigenvalue weighted by Gasteiger charge is 1.89. The lowest BCUT2D eigenvalue weighted by Crippen LogP contribution is -2.11. The summed E-state index contributed by atoms with van der Waals surface area (Å²) in [5, 5.41) is 16.7. The fourth-order valence-electron chi connectivity index (χ4n) is 0.671. The van der Waals surface area contributed by atoms with Crippen LogP contribution in [0.5, 0.6) is 0 Å². The Bertz CT molecular complexity index is 118. The second-order valence-corrected chi connectivity index (χ2v) is 3.25. The van der Waals surface area contributed by atoms with Gasteiger partial charge in [0.15, 0.2) is 0 Å². The molecule has 0 rings (SSSR count). The Morgan fingerprint density at radius 1 is 0.706 bits per heavy atom. The molecule has 106 valence electrons. The molecule has 0 aromatic rings. The van der Waals surface area contributed by atoms with Gasteiger partial charge in [0, 0.05) is 0 Å². The highest BCUT2D eigenvalue weighted by atomic mass is 31.2. The maximum absolute atomic E-state index is 8.36. The van der Waals surface area contributed by atoms with Crippen molar-refractivity contribution in [2.45, 2.75) is 0 Å². The van der Waals surface area contributed by atoms with E-state index >= 15 is 0 Å². The fourth-order valence-corrected chi connectivity index (χ4v) is 0.671. The lowest BCUT2D eigenvalue weighted by atomic mass is 10.7. The zero-order chi connectivity index (χ0) is 13.4. The minimum atomic E-state index is -2.12. The number of aliphatic hydroxyl groups is 2. The summed E-state index contributed by atoms with van der Waals surface area (Å²) in [5.41, 5.74) is 4.29. The standard InChI is InChI=1S/C8H18O5.H4NO2P/c9-1-3-11-5-7-13-8-6-12-4-2-10;1-4(2)3/h9-10H,1-8H2;2-3H,1H2. The quantitative estimate of drug-likeness (QED) is 0.232. The fraction of sp³-hybridized carbons (Fsp3) is 1.00. The van der Waals surface area contributed by atoms with Gasteiger partial charge in [-0.15, -0.1) is 0 Å². The van der Waals surface area contributed by atoms with Crippen molar-refractivity contribution in [3.05, 3.63) is 0 Å². The number of rotatable bonds is 10. The molecule has 0 aliphatic rings. The van der Waals surface area contributed by atoms with Crippen LogP contribution in [0.4, 0.5) is 0 Å². The maximum Gasteiger partial charge on any atom is 0.247 e. The molecule has 0 unspecified atom stereocenters. The van der Waals surface area contributed by atoms with E-state index in [1.54, 1.807) is 0 Å². The van der Waals surface area contributed by atoms with Gasteiger partial charge in [0.05, 0.1) is 52.9 Å². The zero-order valence-corrected chi connectivity index (χ0v) is 10.6. The Labute approximate surface area is 102 Å². The van der Waals surface area contributed by atoms with Gasteiger partial charge in [0.1, 0.15) is 0 Å². The molecule has 0 spiro atoms. The molecule has 0 aliphatic heterocycles. The summed E-state index contributed by atoms with van der Waals surface area (Å²) in [4.78, 5) is 14.9. The average molecular weight is 275 g/mol. The second-order valence-electron chi connectivity index (χ2n) is 2.60. The monoisotopic (exact) mass is 275 g/mol. The van der Waals surface area contributed by atoms with E-state index in [-0.39, 0.29) is 13.2 Å². The molecular formula is C8H22NO7P. The predicted molar refractivity (Wildman–Crippen MR) is 62.2 cm³/mol. The number of hydrogen-bond donors (Lipinski definition) is 5. The molecule has 0 atom stereocenters. The zero-order valence-electron chi connectivity index (χ0n) is 9.70. The van der Waals surface area contributed by atoms with E-state index in [1.807, 2.05) is 0 Å². The highest BCUT2D eigenvalue weighted by molar-refractivity contribution is 7.42. The van der Waals surface area contributed by atoms with E-state index in [9.17, 15) is 0 Å². The third-order valence-electron chi connectivity index (χ3n) is 1.22. The number of aliphatic hydroxyl groups excluding tert-OH is 2. The Kier molecular flexibility index (Phi) is 21.1. The molecule has 0 bridgehead atoms. The van der Waals surface area contributed by atoms with Crippen molar-refractivity contribution in [3.63, 3.8) is 0 Å². The summed E-state index contributed by atoms with van der Waals surface area (Å²) in [7, 11) is -2.12. The van der Waals surface area contributed by atoms with Gasteiger partial charge in [0.25, 0.3) is 0 Å². The Hall–Kier alpha value is 0.110. The SMILES string of the molecule is NP(O)O.OCCOCCOCCOCCO. The maximum atomic E-state index is 8.36. The van der Waals surface area contributed by atoms with E-state index in [1.165, 1.54) is 0 Å². The lowest BCUT2D eigenvalue weighted by Gasteiger charge is -2.04. The van der Waals surface area contributed by atoms with Gasteiger partial charge in [-0.25, -0.2) is 0 Å². The van der Waals surface area contributed by atoms with Crippen LogP contribution >= 0.6 is 8.53 Å². The molecule has 0 aliphatic carbocycles. The molecular weight excluding hydrogens is 253 g/mol. The largest absolute Gasteiger partial charge is 0.394 e. The Morgan fingerprint density at radius 3 is 1.18 bits per heavy atom. The van der Waals surface area contributed by atoms with Crippen LogP contribution in [0.1, 0.15) is 0 Å². The third-order valence-corrected chi connectivity index (χ3v) is 1.22. The second kappa shape index (κ2) is 18.5. The average Bonchev–Trinajstić information content (AvgIpc) is 2.26. The van der Waals surface area contributed by atoms with Crippen molar-refractivity contribution < 1.29 is 34.2 Å². The van der Waals surface area contributed by atoms with Crippen molar-refractivity contribution in [2.75, 3.05) is 52.9 Å². The number of nitrogens with two attached hydrogens (primary N) is 1. The van der Waals surface area contributed by atoms with Gasteiger partial charge in [-0.05, 0) is 0 Å². The first kappa shape index (κ1) is 19.4. The molecule has 0 aromatic carbocycles. The summed E-state index contributed by atoms with van der Waals surface area (Å²) >= 11 is 0. The summed E-state index contributed by atoms with van der Waals surface area (Å²) in [5.74, 6) is 0. The predicted octanol–water partition coefficient (Wildman–Crippen LogP) is -1.82. The summed E-state index contributed by atoms with van der Waals surface area (Å²) in [6.07, 6.45) is 0. The smallest absolute Gasteiger partial charge is 0.247 e. The molecule has 6 N–H and O–H groups in total. The van der Waals surface area contributed by atoms with Crippen LogP contribution in [0.25, 0.3) is 0 Å². The summed E-state index contributed by atoms with van der Waals surface area (Å²) in [6, 6.07) is 0. The minimum absolute atomic E-state index is 0.0413. The highest BCUT2D eigenvalue weighted by Crippen LogP contribution is 2.05. The Morgan fingerprint density at radius 2 is 0.941 bits per heavy atom. The molecule has 8 nitrogen and oxygen atoms in total. The van der Waals surface area contributed by atoms with Crippen molar-refractivity contribution in [1.29, 1.82) is 0 Å². The lowest BCUT2D eigenvalue weighted by molar-refractivity contribution is 0.00230. The molecule has 9 heteroatoms. The third kappa shape index (κ3) is 31.4. The van der Waals surface area contributed by atoms with E-state index < -0.39 is 8.53 Å². The normalized spacial score (nSPS) is 10.2. The molecule has 0 amide bonds.